The van der Waals surface area contributed by atoms with Crippen LogP contribution in [0.4, 0.5) is 16.2 Å². The van der Waals surface area contributed by atoms with Crippen molar-refractivity contribution in [3.63, 3.8) is 0 Å². The van der Waals surface area contributed by atoms with Crippen molar-refractivity contribution >= 4 is 17.4 Å². The van der Waals surface area contributed by atoms with E-state index in [1.165, 1.54) is 0 Å². The number of rotatable bonds is 4. The van der Waals surface area contributed by atoms with Crippen molar-refractivity contribution in [3.8, 4) is 0 Å². The van der Waals surface area contributed by atoms with Gasteiger partial charge in [-0.2, -0.15) is 0 Å². The van der Waals surface area contributed by atoms with Gasteiger partial charge in [0.1, 0.15) is 0 Å². The number of nitrogens with zero attached hydrogens (tertiary/aromatic N) is 2. The zero-order valence-electron chi connectivity index (χ0n) is 11.6. The molecule has 0 aliphatic rings. The number of amides is 2. The van der Waals surface area contributed by atoms with Gasteiger partial charge < -0.3 is 15.5 Å². The van der Waals surface area contributed by atoms with Gasteiger partial charge in [0, 0.05) is 32.5 Å². The lowest BCUT2D eigenvalue weighted by molar-refractivity contribution is 0.251. The lowest BCUT2D eigenvalue weighted by Crippen LogP contribution is -2.28. The van der Waals surface area contributed by atoms with E-state index in [-0.39, 0.29) is 6.03 Å². The topological polar surface area (TPSA) is 57.3 Å². The Morgan fingerprint density at radius 3 is 2.55 bits per heavy atom. The summed E-state index contributed by atoms with van der Waals surface area (Å²) in [7, 11) is 3.99. The van der Waals surface area contributed by atoms with Gasteiger partial charge in [0.25, 0.3) is 0 Å². The molecule has 0 bridgehead atoms. The number of aromatic nitrogens is 1. The molecule has 0 radical (unpaired) electrons. The van der Waals surface area contributed by atoms with Crippen molar-refractivity contribution in [2.75, 3.05) is 24.3 Å². The van der Waals surface area contributed by atoms with Gasteiger partial charge in [0.05, 0.1) is 11.9 Å². The van der Waals surface area contributed by atoms with Crippen LogP contribution < -0.4 is 15.5 Å². The maximum absolute atomic E-state index is 11.7. The molecule has 1 aromatic carbocycles. The van der Waals surface area contributed by atoms with Crippen LogP contribution in [0, 0.1) is 0 Å². The van der Waals surface area contributed by atoms with Crippen LogP contribution in [0.1, 0.15) is 5.56 Å². The first kappa shape index (κ1) is 13.9. The Morgan fingerprint density at radius 1 is 1.20 bits per heavy atom. The summed E-state index contributed by atoms with van der Waals surface area (Å²) in [6, 6.07) is 11.4. The summed E-state index contributed by atoms with van der Waals surface area (Å²) in [5, 5.41) is 5.53. The number of urea groups is 1. The molecule has 20 heavy (non-hydrogen) atoms. The molecule has 0 atom stereocenters. The van der Waals surface area contributed by atoms with Gasteiger partial charge in [-0.15, -0.1) is 0 Å². The number of anilines is 2. The molecular formula is C15H18N4O. The third-order valence-electron chi connectivity index (χ3n) is 2.83. The molecule has 2 rings (SSSR count). The molecule has 5 heteroatoms. The zero-order chi connectivity index (χ0) is 14.4. The fourth-order valence-corrected chi connectivity index (χ4v) is 1.71. The highest BCUT2D eigenvalue weighted by molar-refractivity contribution is 5.88. The van der Waals surface area contributed by atoms with Crippen LogP contribution in [0.25, 0.3) is 0 Å². The minimum absolute atomic E-state index is 0.241. The number of hydrogen-bond donors (Lipinski definition) is 2. The molecule has 0 saturated carbocycles. The predicted molar refractivity (Wildman–Crippen MR) is 80.9 cm³/mol. The first-order valence-corrected chi connectivity index (χ1v) is 6.36. The molecule has 0 aliphatic carbocycles. The molecule has 0 unspecified atom stereocenters. The molecule has 1 aromatic heterocycles. The van der Waals surface area contributed by atoms with E-state index in [0.29, 0.717) is 12.2 Å². The number of carbonyl (C=O) groups excluding carboxylic acids is 1. The van der Waals surface area contributed by atoms with Crippen molar-refractivity contribution in [2.45, 2.75) is 6.54 Å². The van der Waals surface area contributed by atoms with E-state index in [2.05, 4.69) is 15.6 Å². The van der Waals surface area contributed by atoms with E-state index in [4.69, 9.17) is 0 Å². The molecule has 2 N–H and O–H groups in total. The summed E-state index contributed by atoms with van der Waals surface area (Å²) in [5.41, 5.74) is 2.86. The SMILES string of the molecule is CN(C)c1ccc(CNC(=O)Nc2cccnc2)cc1. The van der Waals surface area contributed by atoms with Gasteiger partial charge in [-0.1, -0.05) is 12.1 Å². The number of benzene rings is 1. The number of pyridine rings is 1. The Morgan fingerprint density at radius 2 is 1.95 bits per heavy atom. The van der Waals surface area contributed by atoms with Crippen LogP contribution in [-0.2, 0) is 6.54 Å². The lowest BCUT2D eigenvalue weighted by Gasteiger charge is -2.13. The zero-order valence-corrected chi connectivity index (χ0v) is 11.6. The second-order valence-electron chi connectivity index (χ2n) is 4.61. The van der Waals surface area contributed by atoms with E-state index in [1.807, 2.05) is 43.3 Å². The lowest BCUT2D eigenvalue weighted by atomic mass is 10.2. The molecule has 0 aliphatic heterocycles. The van der Waals surface area contributed by atoms with Gasteiger partial charge in [0.2, 0.25) is 0 Å². The molecule has 2 amide bonds. The molecule has 104 valence electrons. The van der Waals surface area contributed by atoms with E-state index in [0.717, 1.165) is 11.3 Å². The van der Waals surface area contributed by atoms with Crippen molar-refractivity contribution in [3.05, 3.63) is 54.4 Å². The third-order valence-corrected chi connectivity index (χ3v) is 2.83. The summed E-state index contributed by atoms with van der Waals surface area (Å²) < 4.78 is 0. The molecule has 0 spiro atoms. The van der Waals surface area contributed by atoms with Crippen LogP contribution in [0.2, 0.25) is 0 Å². The predicted octanol–water partition coefficient (Wildman–Crippen LogP) is 2.47. The highest BCUT2D eigenvalue weighted by atomic mass is 16.2. The fraction of sp³-hybridized carbons (Fsp3) is 0.200. The first-order valence-electron chi connectivity index (χ1n) is 6.36. The molecule has 2 aromatic rings. The van der Waals surface area contributed by atoms with Crippen LogP contribution in [0.3, 0.4) is 0 Å². The van der Waals surface area contributed by atoms with Crippen molar-refractivity contribution in [1.82, 2.24) is 10.3 Å². The summed E-state index contributed by atoms with van der Waals surface area (Å²) in [6.45, 7) is 0.486. The van der Waals surface area contributed by atoms with Crippen LogP contribution in [0.5, 0.6) is 0 Å². The van der Waals surface area contributed by atoms with Crippen LogP contribution >= 0.6 is 0 Å². The first-order chi connectivity index (χ1) is 9.65. The van der Waals surface area contributed by atoms with Gasteiger partial charge in [-0.25, -0.2) is 4.79 Å². The third kappa shape index (κ3) is 3.98. The maximum atomic E-state index is 11.7. The minimum Gasteiger partial charge on any atom is -0.378 e. The van der Waals surface area contributed by atoms with Crippen molar-refractivity contribution in [1.29, 1.82) is 0 Å². The second kappa shape index (κ2) is 6.56. The normalized spacial score (nSPS) is 9.90. The van der Waals surface area contributed by atoms with Gasteiger partial charge in [0.15, 0.2) is 0 Å². The average molecular weight is 270 g/mol. The quantitative estimate of drug-likeness (QED) is 0.897. The van der Waals surface area contributed by atoms with Crippen LogP contribution in [-0.4, -0.2) is 25.1 Å². The minimum atomic E-state index is -0.241. The highest BCUT2D eigenvalue weighted by Gasteiger charge is 2.02. The number of nitrogens with one attached hydrogen (secondary N) is 2. The van der Waals surface area contributed by atoms with Crippen LogP contribution in [0.15, 0.2) is 48.8 Å². The second-order valence-corrected chi connectivity index (χ2v) is 4.61. The Balaban J connectivity index is 1.84. The summed E-state index contributed by atoms with van der Waals surface area (Å²) >= 11 is 0. The molecule has 1 heterocycles. The highest BCUT2D eigenvalue weighted by Crippen LogP contribution is 2.12. The van der Waals surface area contributed by atoms with Crippen molar-refractivity contribution in [2.24, 2.45) is 0 Å². The fourth-order valence-electron chi connectivity index (χ4n) is 1.71. The van der Waals surface area contributed by atoms with E-state index >= 15 is 0 Å². The van der Waals surface area contributed by atoms with E-state index in [1.54, 1.807) is 24.5 Å². The monoisotopic (exact) mass is 270 g/mol. The molecule has 5 nitrogen and oxygen atoms in total. The van der Waals surface area contributed by atoms with Crippen molar-refractivity contribution < 1.29 is 4.79 Å². The maximum Gasteiger partial charge on any atom is 0.319 e. The summed E-state index contributed by atoms with van der Waals surface area (Å²) in [6.07, 6.45) is 3.26. The van der Waals surface area contributed by atoms with E-state index < -0.39 is 0 Å². The van der Waals surface area contributed by atoms with E-state index in [9.17, 15) is 4.79 Å². The molecule has 0 saturated heterocycles. The summed E-state index contributed by atoms with van der Waals surface area (Å²) in [5.74, 6) is 0. The Hall–Kier alpha value is -2.56. The van der Waals surface area contributed by atoms with Gasteiger partial charge >= 0.3 is 6.03 Å². The number of hydrogen-bond acceptors (Lipinski definition) is 3. The standard InChI is InChI=1S/C15H18N4O/c1-19(2)14-7-5-12(6-8-14)10-17-15(20)18-13-4-3-9-16-11-13/h3-9,11H,10H2,1-2H3,(H2,17,18,20). The molecular weight excluding hydrogens is 252 g/mol. The average Bonchev–Trinajstić information content (AvgIpc) is 2.46. The van der Waals surface area contributed by atoms with Gasteiger partial charge in [-0.3, -0.25) is 4.98 Å². The number of carbonyl (C=O) groups is 1. The summed E-state index contributed by atoms with van der Waals surface area (Å²) in [4.78, 5) is 17.7. The largest absolute Gasteiger partial charge is 0.378 e. The molecule has 0 fully saturated rings. The smallest absolute Gasteiger partial charge is 0.319 e. The van der Waals surface area contributed by atoms with Gasteiger partial charge in [-0.05, 0) is 29.8 Å². The Kier molecular flexibility index (Phi) is 4.55. The Labute approximate surface area is 118 Å². The Bertz CT molecular complexity index is 552.